The number of hydrogen-bond acceptors (Lipinski definition) is 3. The van der Waals surface area contributed by atoms with Gasteiger partial charge in [0.15, 0.2) is 0 Å². The fourth-order valence-electron chi connectivity index (χ4n) is 2.13. The number of allylic oxidation sites excluding steroid dienone is 1. The zero-order chi connectivity index (χ0) is 15.1. The number of nitrogens with one attached hydrogen (secondary N) is 1. The zero-order valence-corrected chi connectivity index (χ0v) is 13.9. The Morgan fingerprint density at radius 2 is 2.05 bits per heavy atom. The summed E-state index contributed by atoms with van der Waals surface area (Å²) in [6.07, 6.45) is 4.36. The Kier molecular flexibility index (Phi) is 6.15. The Hall–Kier alpha value is -1.45. The molecule has 1 N–H and O–H groups in total. The molecular formula is C18H24N2S. The van der Waals surface area contributed by atoms with Crippen molar-refractivity contribution >= 4 is 11.3 Å². The van der Waals surface area contributed by atoms with Gasteiger partial charge in [-0.2, -0.15) is 0 Å². The molecule has 1 aromatic heterocycles. The molecule has 112 valence electrons. The summed E-state index contributed by atoms with van der Waals surface area (Å²) in [7, 11) is 0. The van der Waals surface area contributed by atoms with E-state index in [1.54, 1.807) is 11.3 Å². The van der Waals surface area contributed by atoms with Crippen LogP contribution < -0.4 is 5.32 Å². The Labute approximate surface area is 131 Å². The number of nitrogens with zero attached hydrogens (tertiary/aromatic N) is 1. The normalized spacial score (nSPS) is 12.1. The summed E-state index contributed by atoms with van der Waals surface area (Å²) in [6, 6.07) is 10.9. The van der Waals surface area contributed by atoms with Gasteiger partial charge in [-0.05, 0) is 19.9 Å². The molecule has 0 atom stereocenters. The second-order valence-corrected chi connectivity index (χ2v) is 6.56. The van der Waals surface area contributed by atoms with Gasteiger partial charge in [-0.1, -0.05) is 55.8 Å². The molecule has 0 bridgehead atoms. The molecule has 0 amide bonds. The summed E-state index contributed by atoms with van der Waals surface area (Å²) in [5.41, 5.74) is 3.68. The van der Waals surface area contributed by atoms with Gasteiger partial charge in [0.25, 0.3) is 0 Å². The summed E-state index contributed by atoms with van der Waals surface area (Å²) in [4.78, 5) is 4.74. The SMILES string of the molecule is CC(=CCCNC(C)C)Cc1nc(-c2ccccc2)cs1. The van der Waals surface area contributed by atoms with Gasteiger partial charge in [-0.3, -0.25) is 0 Å². The lowest BCUT2D eigenvalue weighted by atomic mass is 10.1. The van der Waals surface area contributed by atoms with Crippen LogP contribution in [0, 0.1) is 0 Å². The first-order valence-electron chi connectivity index (χ1n) is 7.54. The topological polar surface area (TPSA) is 24.9 Å². The Morgan fingerprint density at radius 1 is 1.29 bits per heavy atom. The number of benzene rings is 1. The summed E-state index contributed by atoms with van der Waals surface area (Å²) in [5.74, 6) is 0. The molecule has 0 aliphatic carbocycles. The minimum Gasteiger partial charge on any atom is -0.314 e. The number of rotatable bonds is 7. The number of hydrogen-bond donors (Lipinski definition) is 1. The molecule has 21 heavy (non-hydrogen) atoms. The standard InChI is InChI=1S/C18H24N2S/c1-14(2)19-11-7-8-15(3)12-18-20-17(13-21-18)16-9-5-4-6-10-16/h4-6,8-10,13-14,19H,7,11-12H2,1-3H3. The zero-order valence-electron chi connectivity index (χ0n) is 13.1. The third kappa shape index (κ3) is 5.44. The fraction of sp³-hybridized carbons (Fsp3) is 0.389. The molecule has 0 fully saturated rings. The van der Waals surface area contributed by atoms with Crippen molar-refractivity contribution in [1.82, 2.24) is 10.3 Å². The third-order valence-corrected chi connectivity index (χ3v) is 4.09. The first-order valence-corrected chi connectivity index (χ1v) is 8.42. The minimum absolute atomic E-state index is 0.561. The van der Waals surface area contributed by atoms with Crippen molar-refractivity contribution in [3.8, 4) is 11.3 Å². The maximum absolute atomic E-state index is 4.74. The monoisotopic (exact) mass is 300 g/mol. The molecule has 0 unspecified atom stereocenters. The molecule has 0 aliphatic heterocycles. The number of aromatic nitrogens is 1. The quantitative estimate of drug-likeness (QED) is 0.593. The van der Waals surface area contributed by atoms with E-state index < -0.39 is 0 Å². The minimum atomic E-state index is 0.561. The smallest absolute Gasteiger partial charge is 0.0973 e. The highest BCUT2D eigenvalue weighted by atomic mass is 32.1. The van der Waals surface area contributed by atoms with Gasteiger partial charge in [-0.25, -0.2) is 4.98 Å². The van der Waals surface area contributed by atoms with Crippen LogP contribution in [-0.2, 0) is 6.42 Å². The van der Waals surface area contributed by atoms with Crippen molar-refractivity contribution in [1.29, 1.82) is 0 Å². The van der Waals surface area contributed by atoms with E-state index in [-0.39, 0.29) is 0 Å². The molecule has 0 aliphatic rings. The van der Waals surface area contributed by atoms with Crippen LogP contribution in [0.1, 0.15) is 32.2 Å². The summed E-state index contributed by atoms with van der Waals surface area (Å²) in [6.45, 7) is 7.59. The average Bonchev–Trinajstić information content (AvgIpc) is 2.93. The molecule has 0 saturated heterocycles. The van der Waals surface area contributed by atoms with E-state index in [1.165, 1.54) is 16.1 Å². The molecule has 0 radical (unpaired) electrons. The van der Waals surface area contributed by atoms with E-state index >= 15 is 0 Å². The van der Waals surface area contributed by atoms with Crippen molar-refractivity contribution in [2.24, 2.45) is 0 Å². The van der Waals surface area contributed by atoms with Crippen LogP contribution in [0.2, 0.25) is 0 Å². The third-order valence-electron chi connectivity index (χ3n) is 3.24. The van der Waals surface area contributed by atoms with Crippen LogP contribution in [-0.4, -0.2) is 17.6 Å². The second-order valence-electron chi connectivity index (χ2n) is 5.62. The first kappa shape index (κ1) is 15.9. The maximum atomic E-state index is 4.74. The van der Waals surface area contributed by atoms with Crippen molar-refractivity contribution in [2.75, 3.05) is 6.54 Å². The van der Waals surface area contributed by atoms with E-state index in [9.17, 15) is 0 Å². The molecular weight excluding hydrogens is 276 g/mol. The Balaban J connectivity index is 1.89. The lowest BCUT2D eigenvalue weighted by molar-refractivity contribution is 0.594. The van der Waals surface area contributed by atoms with Crippen molar-refractivity contribution < 1.29 is 0 Å². The maximum Gasteiger partial charge on any atom is 0.0973 e. The number of thiazole rings is 1. The molecule has 0 spiro atoms. The van der Waals surface area contributed by atoms with Crippen LogP contribution >= 0.6 is 11.3 Å². The molecule has 1 heterocycles. The predicted octanol–water partition coefficient (Wildman–Crippen LogP) is 4.69. The molecule has 1 aromatic carbocycles. The second kappa shape index (κ2) is 8.11. The molecule has 2 aromatic rings. The highest BCUT2D eigenvalue weighted by Gasteiger charge is 2.04. The van der Waals surface area contributed by atoms with Crippen LogP contribution in [0.3, 0.4) is 0 Å². The van der Waals surface area contributed by atoms with Gasteiger partial charge < -0.3 is 5.32 Å². The van der Waals surface area contributed by atoms with Crippen molar-refractivity contribution in [3.63, 3.8) is 0 Å². The molecule has 3 heteroatoms. The average molecular weight is 300 g/mol. The van der Waals surface area contributed by atoms with Crippen LogP contribution in [0.5, 0.6) is 0 Å². The molecule has 0 saturated carbocycles. The predicted molar refractivity (Wildman–Crippen MR) is 92.8 cm³/mol. The van der Waals surface area contributed by atoms with Crippen molar-refractivity contribution in [3.05, 3.63) is 52.4 Å². The summed E-state index contributed by atoms with van der Waals surface area (Å²) < 4.78 is 0. The van der Waals surface area contributed by atoms with Gasteiger partial charge >= 0.3 is 0 Å². The van der Waals surface area contributed by atoms with Gasteiger partial charge in [0, 0.05) is 23.4 Å². The van der Waals surface area contributed by atoms with E-state index in [0.29, 0.717) is 6.04 Å². The van der Waals surface area contributed by atoms with Crippen LogP contribution in [0.4, 0.5) is 0 Å². The lowest BCUT2D eigenvalue weighted by Crippen LogP contribution is -2.23. The van der Waals surface area contributed by atoms with Gasteiger partial charge in [0.05, 0.1) is 10.7 Å². The van der Waals surface area contributed by atoms with Gasteiger partial charge in [0.2, 0.25) is 0 Å². The van der Waals surface area contributed by atoms with Crippen LogP contribution in [0.15, 0.2) is 47.4 Å². The fourth-order valence-corrected chi connectivity index (χ4v) is 3.03. The summed E-state index contributed by atoms with van der Waals surface area (Å²) >= 11 is 1.75. The van der Waals surface area contributed by atoms with Crippen LogP contribution in [0.25, 0.3) is 11.3 Å². The highest BCUT2D eigenvalue weighted by Crippen LogP contribution is 2.23. The lowest BCUT2D eigenvalue weighted by Gasteiger charge is -2.05. The largest absolute Gasteiger partial charge is 0.314 e. The Morgan fingerprint density at radius 3 is 2.76 bits per heavy atom. The van der Waals surface area contributed by atoms with E-state index in [4.69, 9.17) is 4.98 Å². The first-order chi connectivity index (χ1) is 10.1. The summed E-state index contributed by atoms with van der Waals surface area (Å²) in [5, 5.41) is 6.78. The van der Waals surface area contributed by atoms with Gasteiger partial charge in [-0.15, -0.1) is 11.3 Å². The molecule has 2 rings (SSSR count). The van der Waals surface area contributed by atoms with E-state index in [0.717, 1.165) is 25.1 Å². The highest BCUT2D eigenvalue weighted by molar-refractivity contribution is 7.10. The van der Waals surface area contributed by atoms with Crippen molar-refractivity contribution in [2.45, 2.75) is 39.7 Å². The van der Waals surface area contributed by atoms with E-state index in [1.807, 2.05) is 6.07 Å². The van der Waals surface area contributed by atoms with Gasteiger partial charge in [0.1, 0.15) is 0 Å². The van der Waals surface area contributed by atoms with E-state index in [2.05, 4.69) is 61.8 Å². The molecule has 2 nitrogen and oxygen atoms in total. The Bertz CT molecular complexity index is 570.